The summed E-state index contributed by atoms with van der Waals surface area (Å²) < 4.78 is 15.1. The number of hydrogen-bond donors (Lipinski definition) is 0. The quantitative estimate of drug-likeness (QED) is 0.713. The molecule has 1 atom stereocenters. The lowest BCUT2D eigenvalue weighted by molar-refractivity contribution is -0.129. The number of rotatable bonds is 4. The molecule has 1 unspecified atom stereocenters. The Kier molecular flexibility index (Phi) is 4.43. The maximum absolute atomic E-state index is 13.6. The summed E-state index contributed by atoms with van der Waals surface area (Å²) in [4.78, 5) is 14.6. The van der Waals surface area contributed by atoms with Crippen molar-refractivity contribution >= 4 is 5.91 Å². The van der Waals surface area contributed by atoms with E-state index in [1.807, 2.05) is 35.2 Å². The number of carbonyl (C=O) groups excluding carboxylic acids is 1. The summed E-state index contributed by atoms with van der Waals surface area (Å²) in [7, 11) is 0. The molecule has 6 nitrogen and oxygen atoms in total. The first-order valence-electron chi connectivity index (χ1n) is 8.90. The molecule has 0 N–H and O–H groups in total. The van der Waals surface area contributed by atoms with Crippen molar-refractivity contribution in [3.8, 4) is 5.69 Å². The van der Waals surface area contributed by atoms with Gasteiger partial charge in [0.15, 0.2) is 0 Å². The predicted octanol–water partition coefficient (Wildman–Crippen LogP) is 2.53. The Bertz CT molecular complexity index is 941. The molecular weight excluding hydrogens is 345 g/mol. The Labute approximate surface area is 156 Å². The number of hydrogen-bond acceptors (Lipinski definition) is 4. The molecule has 2 aromatic carbocycles. The van der Waals surface area contributed by atoms with Crippen molar-refractivity contribution < 1.29 is 9.18 Å². The van der Waals surface area contributed by atoms with E-state index in [-0.39, 0.29) is 17.1 Å². The normalized spacial score (nSPS) is 19.4. The van der Waals surface area contributed by atoms with Crippen molar-refractivity contribution in [3.05, 3.63) is 71.8 Å². The largest absolute Gasteiger partial charge is 0.341 e. The zero-order valence-corrected chi connectivity index (χ0v) is 15.0. The van der Waals surface area contributed by atoms with Crippen molar-refractivity contribution in [1.29, 1.82) is 0 Å². The lowest BCUT2D eigenvalue weighted by Gasteiger charge is -2.25. The van der Waals surface area contributed by atoms with Crippen LogP contribution in [0, 0.1) is 5.82 Å². The van der Waals surface area contributed by atoms with Crippen LogP contribution < -0.4 is 0 Å². The predicted molar refractivity (Wildman–Crippen MR) is 97.8 cm³/mol. The van der Waals surface area contributed by atoms with Gasteiger partial charge in [0.05, 0.1) is 12.1 Å². The van der Waals surface area contributed by atoms with Crippen molar-refractivity contribution in [2.75, 3.05) is 13.1 Å². The molecule has 3 aromatic rings. The molecule has 7 heteroatoms. The molecule has 1 aliphatic heterocycles. The molecule has 1 aromatic heterocycles. The van der Waals surface area contributed by atoms with E-state index < -0.39 is 0 Å². The number of tetrazole rings is 1. The standard InChI is InChI=1S/C20H20FN5O/c1-20(16-3-2-4-17(21)12-16)9-10-25(13-20)19(27)11-15-5-7-18(8-6-15)26-14-22-23-24-26/h2-8,12,14H,9-11,13H2,1H3. The molecule has 0 spiro atoms. The van der Waals surface area contributed by atoms with Gasteiger partial charge < -0.3 is 4.90 Å². The summed E-state index contributed by atoms with van der Waals surface area (Å²) in [6, 6.07) is 14.3. The fourth-order valence-electron chi connectivity index (χ4n) is 3.61. The number of likely N-dealkylation sites (tertiary alicyclic amines) is 1. The average Bonchev–Trinajstić information content (AvgIpc) is 3.33. The highest BCUT2D eigenvalue weighted by atomic mass is 19.1. The first kappa shape index (κ1) is 17.3. The molecule has 1 saturated heterocycles. The molecular formula is C20H20FN5O. The van der Waals surface area contributed by atoms with E-state index in [2.05, 4.69) is 22.4 Å². The minimum absolute atomic E-state index is 0.0882. The van der Waals surface area contributed by atoms with Crippen molar-refractivity contribution in [3.63, 3.8) is 0 Å². The Morgan fingerprint density at radius 3 is 2.74 bits per heavy atom. The topological polar surface area (TPSA) is 63.9 Å². The number of benzene rings is 2. The Balaban J connectivity index is 1.42. The van der Waals surface area contributed by atoms with E-state index in [4.69, 9.17) is 0 Å². The SMILES string of the molecule is CC1(c2cccc(F)c2)CCN(C(=O)Cc2ccc(-n3cnnn3)cc2)C1. The van der Waals surface area contributed by atoms with Gasteiger partial charge in [-0.2, -0.15) is 0 Å². The van der Waals surface area contributed by atoms with Crippen molar-refractivity contribution in [2.45, 2.75) is 25.2 Å². The maximum Gasteiger partial charge on any atom is 0.227 e. The summed E-state index contributed by atoms with van der Waals surface area (Å²) in [6.07, 6.45) is 2.70. The number of halogens is 1. The maximum atomic E-state index is 13.6. The zero-order valence-electron chi connectivity index (χ0n) is 15.0. The fourth-order valence-corrected chi connectivity index (χ4v) is 3.61. The van der Waals surface area contributed by atoms with Gasteiger partial charge >= 0.3 is 0 Å². The molecule has 4 rings (SSSR count). The van der Waals surface area contributed by atoms with E-state index in [0.717, 1.165) is 23.2 Å². The highest BCUT2D eigenvalue weighted by Crippen LogP contribution is 2.34. The second kappa shape index (κ2) is 6.90. The molecule has 2 heterocycles. The summed E-state index contributed by atoms with van der Waals surface area (Å²) in [5.41, 5.74) is 2.53. The van der Waals surface area contributed by atoms with Crippen LogP contribution >= 0.6 is 0 Å². The minimum atomic E-state index is -0.235. The zero-order chi connectivity index (χ0) is 18.9. The smallest absolute Gasteiger partial charge is 0.227 e. The second-order valence-electron chi connectivity index (χ2n) is 7.23. The van der Waals surface area contributed by atoms with Gasteiger partial charge in [-0.1, -0.05) is 31.2 Å². The molecule has 0 saturated carbocycles. The fraction of sp³-hybridized carbons (Fsp3) is 0.300. The third-order valence-corrected chi connectivity index (χ3v) is 5.25. The summed E-state index contributed by atoms with van der Waals surface area (Å²) in [5.74, 6) is -0.147. The van der Waals surface area contributed by atoms with Crippen LogP contribution in [0.5, 0.6) is 0 Å². The van der Waals surface area contributed by atoms with Crippen molar-refractivity contribution in [2.24, 2.45) is 0 Å². The first-order chi connectivity index (χ1) is 13.0. The third kappa shape index (κ3) is 3.58. The van der Waals surface area contributed by atoms with Crippen LogP contribution in [-0.2, 0) is 16.6 Å². The van der Waals surface area contributed by atoms with E-state index in [9.17, 15) is 9.18 Å². The van der Waals surface area contributed by atoms with Gasteiger partial charge in [-0.25, -0.2) is 9.07 Å². The van der Waals surface area contributed by atoms with E-state index in [0.29, 0.717) is 19.5 Å². The Morgan fingerprint density at radius 1 is 1.22 bits per heavy atom. The highest BCUT2D eigenvalue weighted by molar-refractivity contribution is 5.79. The van der Waals surface area contributed by atoms with Gasteiger partial charge in [-0.05, 0) is 52.2 Å². The van der Waals surface area contributed by atoms with E-state index >= 15 is 0 Å². The molecule has 0 radical (unpaired) electrons. The molecule has 0 bridgehead atoms. The van der Waals surface area contributed by atoms with Gasteiger partial charge in [0, 0.05) is 18.5 Å². The monoisotopic (exact) mass is 365 g/mol. The van der Waals surface area contributed by atoms with Gasteiger partial charge in [0.25, 0.3) is 0 Å². The van der Waals surface area contributed by atoms with Gasteiger partial charge in [-0.15, -0.1) is 5.10 Å². The highest BCUT2D eigenvalue weighted by Gasteiger charge is 2.37. The van der Waals surface area contributed by atoms with Gasteiger partial charge in [0.2, 0.25) is 5.91 Å². The van der Waals surface area contributed by atoms with Crippen LogP contribution in [0.25, 0.3) is 5.69 Å². The third-order valence-electron chi connectivity index (χ3n) is 5.25. The van der Waals surface area contributed by atoms with Crippen LogP contribution in [0.3, 0.4) is 0 Å². The summed E-state index contributed by atoms with van der Waals surface area (Å²) >= 11 is 0. The van der Waals surface area contributed by atoms with Gasteiger partial charge in [0.1, 0.15) is 12.1 Å². The lowest BCUT2D eigenvalue weighted by atomic mass is 9.82. The number of amides is 1. The summed E-state index contributed by atoms with van der Waals surface area (Å²) in [5, 5.41) is 11.1. The van der Waals surface area contributed by atoms with Crippen LogP contribution in [-0.4, -0.2) is 44.1 Å². The number of carbonyl (C=O) groups is 1. The molecule has 27 heavy (non-hydrogen) atoms. The summed E-state index contributed by atoms with van der Waals surface area (Å²) in [6.45, 7) is 3.39. The van der Waals surface area contributed by atoms with Crippen molar-refractivity contribution in [1.82, 2.24) is 25.1 Å². The molecule has 1 aliphatic rings. The molecule has 0 aliphatic carbocycles. The Morgan fingerprint density at radius 2 is 2.04 bits per heavy atom. The molecule has 138 valence electrons. The molecule has 1 amide bonds. The van der Waals surface area contributed by atoms with Gasteiger partial charge in [-0.3, -0.25) is 4.79 Å². The van der Waals surface area contributed by atoms with Crippen LogP contribution in [0.15, 0.2) is 54.9 Å². The lowest BCUT2D eigenvalue weighted by Crippen LogP contribution is -2.33. The van der Waals surface area contributed by atoms with E-state index in [1.165, 1.54) is 12.4 Å². The number of nitrogens with zero attached hydrogens (tertiary/aromatic N) is 5. The second-order valence-corrected chi connectivity index (χ2v) is 7.23. The number of aromatic nitrogens is 4. The average molecular weight is 365 g/mol. The van der Waals surface area contributed by atoms with Crippen LogP contribution in [0.2, 0.25) is 0 Å². The van der Waals surface area contributed by atoms with Crippen LogP contribution in [0.4, 0.5) is 4.39 Å². The molecule has 1 fully saturated rings. The van der Waals surface area contributed by atoms with E-state index in [1.54, 1.807) is 16.8 Å². The Hall–Kier alpha value is -3.09. The van der Waals surface area contributed by atoms with Crippen LogP contribution in [0.1, 0.15) is 24.5 Å². The minimum Gasteiger partial charge on any atom is -0.341 e. The first-order valence-corrected chi connectivity index (χ1v) is 8.90.